The molecule has 0 saturated heterocycles. The smallest absolute Gasteiger partial charge is 0.247 e. The molecule has 0 amide bonds. The average Bonchev–Trinajstić information content (AvgIpc) is 2.86. The Hall–Kier alpha value is -1.97. The maximum Gasteiger partial charge on any atom is 0.247 e. The minimum atomic E-state index is -0.102. The molecule has 2 rings (SSSR count). The van der Waals surface area contributed by atoms with Crippen molar-refractivity contribution < 1.29 is 4.79 Å². The van der Waals surface area contributed by atoms with Crippen LogP contribution in [-0.4, -0.2) is 20.3 Å². The maximum atomic E-state index is 12.3. The fourth-order valence-corrected chi connectivity index (χ4v) is 1.81. The quantitative estimate of drug-likeness (QED) is 0.754. The van der Waals surface area contributed by atoms with Gasteiger partial charge in [0.15, 0.2) is 5.82 Å². The number of carbonyl (C=O) groups is 1. The Morgan fingerprint density at radius 3 is 2.82 bits per heavy atom. The lowest BCUT2D eigenvalue weighted by Crippen LogP contribution is -2.14. The molecule has 2 aromatic heterocycles. The largest absolute Gasteiger partial charge is 0.328 e. The van der Waals surface area contributed by atoms with E-state index in [4.69, 9.17) is 0 Å². The predicted molar refractivity (Wildman–Crippen MR) is 64.9 cm³/mol. The Bertz CT molecular complexity index is 531. The second kappa shape index (κ2) is 4.91. The molecule has 0 aliphatic carbocycles. The third-order valence-corrected chi connectivity index (χ3v) is 2.75. The van der Waals surface area contributed by atoms with Gasteiger partial charge in [-0.2, -0.15) is 0 Å². The summed E-state index contributed by atoms with van der Waals surface area (Å²) < 4.78 is 1.83. The third kappa shape index (κ3) is 2.11. The van der Waals surface area contributed by atoms with E-state index in [0.29, 0.717) is 11.5 Å². The fraction of sp³-hybridized carbons (Fsp3) is 0.308. The number of hydrogen-bond acceptors (Lipinski definition) is 3. The maximum absolute atomic E-state index is 12.3. The van der Waals surface area contributed by atoms with Gasteiger partial charge in [0.1, 0.15) is 5.69 Å². The van der Waals surface area contributed by atoms with Crippen LogP contribution in [0, 0.1) is 0 Å². The number of aromatic nitrogens is 3. The average molecular weight is 229 g/mol. The monoisotopic (exact) mass is 229 g/mol. The molecule has 2 heterocycles. The summed E-state index contributed by atoms with van der Waals surface area (Å²) in [7, 11) is 0. The Balaban J connectivity index is 2.44. The SMILES string of the molecule is CCc1cccnc1C(=O)c1nccn1CC. The van der Waals surface area contributed by atoms with Crippen LogP contribution in [-0.2, 0) is 13.0 Å². The second-order valence-electron chi connectivity index (χ2n) is 3.73. The van der Waals surface area contributed by atoms with Gasteiger partial charge >= 0.3 is 0 Å². The van der Waals surface area contributed by atoms with Crippen molar-refractivity contribution in [3.8, 4) is 0 Å². The van der Waals surface area contributed by atoms with E-state index >= 15 is 0 Å². The van der Waals surface area contributed by atoms with Gasteiger partial charge in [0.05, 0.1) is 0 Å². The van der Waals surface area contributed by atoms with Crippen LogP contribution in [0.5, 0.6) is 0 Å². The van der Waals surface area contributed by atoms with Crippen molar-refractivity contribution in [3.63, 3.8) is 0 Å². The summed E-state index contributed by atoms with van der Waals surface area (Å²) in [5.41, 5.74) is 1.47. The molecule has 17 heavy (non-hydrogen) atoms. The zero-order chi connectivity index (χ0) is 12.3. The zero-order valence-corrected chi connectivity index (χ0v) is 10.1. The van der Waals surface area contributed by atoms with Gasteiger partial charge in [-0.3, -0.25) is 9.78 Å². The number of hydrogen-bond donors (Lipinski definition) is 0. The van der Waals surface area contributed by atoms with Gasteiger partial charge in [0.2, 0.25) is 5.78 Å². The molecular weight excluding hydrogens is 214 g/mol. The Labute approximate surface area is 100 Å². The number of rotatable bonds is 4. The summed E-state index contributed by atoms with van der Waals surface area (Å²) in [5, 5.41) is 0. The number of ketones is 1. The molecule has 0 N–H and O–H groups in total. The molecule has 0 aliphatic rings. The van der Waals surface area contributed by atoms with Crippen LogP contribution < -0.4 is 0 Å². The van der Waals surface area contributed by atoms with Crippen molar-refractivity contribution in [1.29, 1.82) is 0 Å². The van der Waals surface area contributed by atoms with Crippen molar-refractivity contribution in [2.75, 3.05) is 0 Å². The van der Waals surface area contributed by atoms with Crippen LogP contribution in [0.2, 0.25) is 0 Å². The normalized spacial score (nSPS) is 10.5. The van der Waals surface area contributed by atoms with E-state index in [1.807, 2.05) is 36.7 Å². The van der Waals surface area contributed by atoms with Gasteiger partial charge in [-0.05, 0) is 25.0 Å². The predicted octanol–water partition coefficient (Wildman–Crippen LogP) is 2.09. The van der Waals surface area contributed by atoms with Gasteiger partial charge in [-0.15, -0.1) is 0 Å². The van der Waals surface area contributed by atoms with Crippen molar-refractivity contribution in [1.82, 2.24) is 14.5 Å². The van der Waals surface area contributed by atoms with Gasteiger partial charge in [0, 0.05) is 25.1 Å². The molecule has 0 spiro atoms. The Kier molecular flexibility index (Phi) is 3.32. The Morgan fingerprint density at radius 2 is 2.12 bits per heavy atom. The van der Waals surface area contributed by atoms with Gasteiger partial charge in [0.25, 0.3) is 0 Å². The summed E-state index contributed by atoms with van der Waals surface area (Å²) in [5.74, 6) is 0.357. The second-order valence-corrected chi connectivity index (χ2v) is 3.73. The van der Waals surface area contributed by atoms with Crippen molar-refractivity contribution >= 4 is 5.78 Å². The van der Waals surface area contributed by atoms with Crippen molar-refractivity contribution in [2.24, 2.45) is 0 Å². The van der Waals surface area contributed by atoms with Gasteiger partial charge in [-0.25, -0.2) is 4.98 Å². The van der Waals surface area contributed by atoms with Crippen LogP contribution >= 0.6 is 0 Å². The van der Waals surface area contributed by atoms with Crippen molar-refractivity contribution in [3.05, 3.63) is 47.8 Å². The molecule has 0 unspecified atom stereocenters. The van der Waals surface area contributed by atoms with Crippen LogP contribution in [0.25, 0.3) is 0 Å². The van der Waals surface area contributed by atoms with E-state index in [2.05, 4.69) is 9.97 Å². The molecule has 4 heteroatoms. The molecule has 4 nitrogen and oxygen atoms in total. The van der Waals surface area contributed by atoms with E-state index in [9.17, 15) is 4.79 Å². The molecule has 0 fully saturated rings. The van der Waals surface area contributed by atoms with E-state index in [0.717, 1.165) is 18.5 Å². The molecule has 0 atom stereocenters. The molecule has 0 saturated carbocycles. The number of nitrogens with zero attached hydrogens (tertiary/aromatic N) is 3. The molecule has 0 bridgehead atoms. The highest BCUT2D eigenvalue weighted by Gasteiger charge is 2.18. The lowest BCUT2D eigenvalue weighted by atomic mass is 10.1. The van der Waals surface area contributed by atoms with Crippen LogP contribution in [0.1, 0.15) is 35.7 Å². The molecule has 0 aliphatic heterocycles. The first-order chi connectivity index (χ1) is 8.27. The molecular formula is C13H15N3O. The number of pyridine rings is 1. The highest BCUT2D eigenvalue weighted by atomic mass is 16.1. The first-order valence-corrected chi connectivity index (χ1v) is 5.77. The summed E-state index contributed by atoms with van der Waals surface area (Å²) >= 11 is 0. The fourth-order valence-electron chi connectivity index (χ4n) is 1.81. The van der Waals surface area contributed by atoms with Gasteiger partial charge < -0.3 is 4.57 Å². The molecule has 2 aromatic rings. The van der Waals surface area contributed by atoms with Crippen LogP contribution in [0.15, 0.2) is 30.7 Å². The van der Waals surface area contributed by atoms with E-state index < -0.39 is 0 Å². The first kappa shape index (κ1) is 11.5. The highest BCUT2D eigenvalue weighted by Crippen LogP contribution is 2.11. The van der Waals surface area contributed by atoms with E-state index in [-0.39, 0.29) is 5.78 Å². The van der Waals surface area contributed by atoms with Crippen LogP contribution in [0.4, 0.5) is 0 Å². The van der Waals surface area contributed by atoms with Crippen molar-refractivity contribution in [2.45, 2.75) is 26.8 Å². The Morgan fingerprint density at radius 1 is 1.29 bits per heavy atom. The third-order valence-electron chi connectivity index (χ3n) is 2.75. The lowest BCUT2D eigenvalue weighted by molar-refractivity contribution is 0.102. The standard InChI is InChI=1S/C13H15N3O/c1-3-10-6-5-7-14-11(10)12(17)13-15-8-9-16(13)4-2/h5-9H,3-4H2,1-2H3. The highest BCUT2D eigenvalue weighted by molar-refractivity contribution is 6.06. The van der Waals surface area contributed by atoms with Crippen LogP contribution in [0.3, 0.4) is 0 Å². The first-order valence-electron chi connectivity index (χ1n) is 5.77. The summed E-state index contributed by atoms with van der Waals surface area (Å²) in [6.45, 7) is 4.73. The number of carbonyl (C=O) groups excluding carboxylic acids is 1. The summed E-state index contributed by atoms with van der Waals surface area (Å²) in [6, 6.07) is 3.78. The number of imidazole rings is 1. The molecule has 0 radical (unpaired) electrons. The lowest BCUT2D eigenvalue weighted by Gasteiger charge is -2.06. The topological polar surface area (TPSA) is 47.8 Å². The minimum absolute atomic E-state index is 0.102. The number of aryl methyl sites for hydroxylation is 2. The van der Waals surface area contributed by atoms with E-state index in [1.165, 1.54) is 0 Å². The van der Waals surface area contributed by atoms with Gasteiger partial charge in [-0.1, -0.05) is 13.0 Å². The summed E-state index contributed by atoms with van der Waals surface area (Å²) in [6.07, 6.45) is 5.89. The molecule has 0 aromatic carbocycles. The van der Waals surface area contributed by atoms with E-state index in [1.54, 1.807) is 12.4 Å². The minimum Gasteiger partial charge on any atom is -0.328 e. The zero-order valence-electron chi connectivity index (χ0n) is 10.1. The molecule has 88 valence electrons. The summed E-state index contributed by atoms with van der Waals surface area (Å²) in [4.78, 5) is 20.6.